The van der Waals surface area contributed by atoms with Gasteiger partial charge >= 0.3 is 5.25 Å². The van der Waals surface area contributed by atoms with Crippen LogP contribution in [0.15, 0.2) is 29.2 Å². The second kappa shape index (κ2) is 8.68. The van der Waals surface area contributed by atoms with E-state index in [4.69, 9.17) is 5.26 Å². The molecule has 0 unspecified atom stereocenters. The van der Waals surface area contributed by atoms with Crippen LogP contribution in [-0.4, -0.2) is 5.25 Å². The molecule has 0 N–H and O–H groups in total. The van der Waals surface area contributed by atoms with Crippen LogP contribution in [0.4, 0.5) is 8.78 Å². The van der Waals surface area contributed by atoms with Crippen LogP contribution in [0.2, 0.25) is 0 Å². The third-order valence-corrected chi connectivity index (χ3v) is 5.65. The zero-order valence-electron chi connectivity index (χ0n) is 13.7. The summed E-state index contributed by atoms with van der Waals surface area (Å²) in [6.07, 6.45) is 10.3. The highest BCUT2D eigenvalue weighted by molar-refractivity contribution is 8.00. The molecule has 0 bridgehead atoms. The lowest BCUT2D eigenvalue weighted by Gasteiger charge is -2.29. The van der Waals surface area contributed by atoms with Gasteiger partial charge in [0, 0.05) is 4.90 Å². The van der Waals surface area contributed by atoms with Crippen LogP contribution in [0.3, 0.4) is 0 Å². The molecule has 4 heteroatoms. The Morgan fingerprint density at radius 1 is 1.13 bits per heavy atom. The Labute approximate surface area is 142 Å². The van der Waals surface area contributed by atoms with Crippen molar-refractivity contribution in [2.45, 2.75) is 74.4 Å². The van der Waals surface area contributed by atoms with E-state index in [2.05, 4.69) is 6.92 Å². The molecule has 1 saturated carbocycles. The lowest BCUT2D eigenvalue weighted by Crippen LogP contribution is -2.13. The van der Waals surface area contributed by atoms with Crippen molar-refractivity contribution in [1.82, 2.24) is 0 Å². The van der Waals surface area contributed by atoms with Gasteiger partial charge in [-0.15, -0.1) is 0 Å². The van der Waals surface area contributed by atoms with E-state index in [0.717, 1.165) is 12.0 Å². The van der Waals surface area contributed by atoms with Gasteiger partial charge in [0.15, 0.2) is 6.07 Å². The fraction of sp³-hybridized carbons (Fsp3) is 0.632. The molecule has 1 aliphatic carbocycles. The van der Waals surface area contributed by atoms with Crippen molar-refractivity contribution in [1.29, 1.82) is 5.26 Å². The summed E-state index contributed by atoms with van der Waals surface area (Å²) in [5.41, 5.74) is 1.25. The molecule has 1 nitrogen and oxygen atoms in total. The zero-order chi connectivity index (χ0) is 16.7. The summed E-state index contributed by atoms with van der Waals surface area (Å²) in [6, 6.07) is 8.38. The van der Waals surface area contributed by atoms with E-state index in [9.17, 15) is 8.78 Å². The maximum Gasteiger partial charge on any atom is 0.384 e. The first-order chi connectivity index (χ1) is 11.0. The molecule has 0 radical (unpaired) electrons. The van der Waals surface area contributed by atoms with Gasteiger partial charge in [-0.25, -0.2) is 0 Å². The van der Waals surface area contributed by atoms with E-state index in [-0.39, 0.29) is 0 Å². The molecule has 126 valence electrons. The quantitative estimate of drug-likeness (QED) is 0.406. The standard InChI is InChI=1S/C19H25F2NS/c1-2-3-4-5-15-6-8-16(9-7-15)17-10-12-18(13-11-17)23-19(20,21)14-22/h10-13,15-16H,2-9H2,1H3. The third kappa shape index (κ3) is 5.80. The molecule has 0 atom stereocenters. The summed E-state index contributed by atoms with van der Waals surface area (Å²) >= 11 is 0.318. The molecule has 0 saturated heterocycles. The average molecular weight is 337 g/mol. The number of unbranched alkanes of at least 4 members (excludes halogenated alkanes) is 2. The van der Waals surface area contributed by atoms with Gasteiger partial charge < -0.3 is 0 Å². The molecule has 0 heterocycles. The van der Waals surface area contributed by atoms with Crippen LogP contribution < -0.4 is 0 Å². The van der Waals surface area contributed by atoms with E-state index in [1.54, 1.807) is 12.1 Å². The van der Waals surface area contributed by atoms with E-state index in [0.29, 0.717) is 22.6 Å². The molecule has 23 heavy (non-hydrogen) atoms. The molecule has 0 aromatic heterocycles. The fourth-order valence-electron chi connectivity index (χ4n) is 3.45. The number of nitrogens with zero attached hydrogens (tertiary/aromatic N) is 1. The van der Waals surface area contributed by atoms with Gasteiger partial charge in [0.2, 0.25) is 0 Å². The van der Waals surface area contributed by atoms with Gasteiger partial charge in [-0.2, -0.15) is 14.0 Å². The minimum Gasteiger partial charge on any atom is -0.191 e. The maximum atomic E-state index is 13.1. The summed E-state index contributed by atoms with van der Waals surface area (Å²) in [5, 5.41) is 5.05. The number of alkyl halides is 2. The number of nitriles is 1. The number of thioether (sulfide) groups is 1. The Kier molecular flexibility index (Phi) is 6.89. The Morgan fingerprint density at radius 2 is 1.78 bits per heavy atom. The van der Waals surface area contributed by atoms with Gasteiger partial charge in [0.25, 0.3) is 0 Å². The predicted molar refractivity (Wildman–Crippen MR) is 91.7 cm³/mol. The number of hydrogen-bond donors (Lipinski definition) is 0. The summed E-state index contributed by atoms with van der Waals surface area (Å²) in [7, 11) is 0. The smallest absolute Gasteiger partial charge is 0.191 e. The Morgan fingerprint density at radius 3 is 2.35 bits per heavy atom. The first kappa shape index (κ1) is 18.3. The van der Waals surface area contributed by atoms with Crippen LogP contribution in [-0.2, 0) is 0 Å². The Bertz CT molecular complexity index is 513. The SMILES string of the molecule is CCCCCC1CCC(c2ccc(SC(F)(F)C#N)cc2)CC1. The van der Waals surface area contributed by atoms with Crippen LogP contribution in [0.25, 0.3) is 0 Å². The Hall–Kier alpha value is -1.08. The molecule has 1 aliphatic rings. The van der Waals surface area contributed by atoms with Crippen molar-refractivity contribution in [2.75, 3.05) is 0 Å². The minimum absolute atomic E-state index is 0.318. The highest BCUT2D eigenvalue weighted by Gasteiger charge is 2.30. The average Bonchev–Trinajstić information content (AvgIpc) is 2.56. The minimum atomic E-state index is -3.35. The van der Waals surface area contributed by atoms with Crippen molar-refractivity contribution in [3.05, 3.63) is 29.8 Å². The fourth-order valence-corrected chi connectivity index (χ4v) is 4.06. The first-order valence-electron chi connectivity index (χ1n) is 8.62. The van der Waals surface area contributed by atoms with Gasteiger partial charge in [-0.05, 0) is 67.0 Å². The van der Waals surface area contributed by atoms with Gasteiger partial charge in [-0.3, -0.25) is 0 Å². The zero-order valence-corrected chi connectivity index (χ0v) is 14.5. The second-order valence-corrected chi connectivity index (χ2v) is 7.70. The van der Waals surface area contributed by atoms with Crippen molar-refractivity contribution in [3.8, 4) is 6.07 Å². The highest BCUT2D eigenvalue weighted by atomic mass is 32.2. The number of rotatable bonds is 7. The van der Waals surface area contributed by atoms with E-state index in [1.165, 1.54) is 56.9 Å². The highest BCUT2D eigenvalue weighted by Crippen LogP contribution is 2.39. The molecule has 0 spiro atoms. The van der Waals surface area contributed by atoms with E-state index < -0.39 is 5.25 Å². The molecular weight excluding hydrogens is 312 g/mol. The molecule has 0 aliphatic heterocycles. The molecule has 1 fully saturated rings. The summed E-state index contributed by atoms with van der Waals surface area (Å²) in [6.45, 7) is 2.24. The molecule has 1 aromatic carbocycles. The van der Waals surface area contributed by atoms with Gasteiger partial charge in [0.05, 0.1) is 0 Å². The lowest BCUT2D eigenvalue weighted by atomic mass is 9.77. The largest absolute Gasteiger partial charge is 0.384 e. The molecule has 2 rings (SSSR count). The topological polar surface area (TPSA) is 23.8 Å². The Balaban J connectivity index is 1.83. The molecule has 1 aromatic rings. The summed E-state index contributed by atoms with van der Waals surface area (Å²) in [4.78, 5) is 0.452. The van der Waals surface area contributed by atoms with Gasteiger partial charge in [0.1, 0.15) is 0 Å². The maximum absolute atomic E-state index is 13.1. The third-order valence-electron chi connectivity index (χ3n) is 4.79. The monoisotopic (exact) mass is 337 g/mol. The van der Waals surface area contributed by atoms with E-state index >= 15 is 0 Å². The molecule has 0 amide bonds. The number of benzene rings is 1. The predicted octanol–water partition coefficient (Wildman–Crippen LogP) is 6.75. The van der Waals surface area contributed by atoms with Crippen molar-refractivity contribution < 1.29 is 8.78 Å². The summed E-state index contributed by atoms with van der Waals surface area (Å²) in [5.74, 6) is 1.44. The lowest BCUT2D eigenvalue weighted by molar-refractivity contribution is 0.171. The van der Waals surface area contributed by atoms with Crippen LogP contribution in [0.5, 0.6) is 0 Å². The summed E-state index contributed by atoms with van der Waals surface area (Å²) < 4.78 is 26.1. The normalized spacial score (nSPS) is 21.8. The number of halogens is 2. The van der Waals surface area contributed by atoms with E-state index in [1.807, 2.05) is 12.1 Å². The van der Waals surface area contributed by atoms with Crippen LogP contribution >= 0.6 is 11.8 Å². The van der Waals surface area contributed by atoms with Crippen molar-refractivity contribution in [2.24, 2.45) is 5.92 Å². The second-order valence-electron chi connectivity index (χ2n) is 6.51. The van der Waals surface area contributed by atoms with Crippen LogP contribution in [0.1, 0.15) is 69.8 Å². The van der Waals surface area contributed by atoms with Crippen molar-refractivity contribution >= 4 is 11.8 Å². The first-order valence-corrected chi connectivity index (χ1v) is 9.43. The van der Waals surface area contributed by atoms with Crippen LogP contribution in [0, 0.1) is 17.2 Å². The van der Waals surface area contributed by atoms with Crippen molar-refractivity contribution in [3.63, 3.8) is 0 Å². The molecular formula is C19H25F2NS. The van der Waals surface area contributed by atoms with Gasteiger partial charge in [-0.1, -0.05) is 44.7 Å². The number of hydrogen-bond acceptors (Lipinski definition) is 2.